The highest BCUT2D eigenvalue weighted by molar-refractivity contribution is 6.06. The molecule has 0 bridgehead atoms. The normalized spacial score (nSPS) is 21.6. The van der Waals surface area contributed by atoms with Gasteiger partial charge in [-0.05, 0) is 35.7 Å². The average molecular weight is 433 g/mol. The third kappa shape index (κ3) is 3.67. The van der Waals surface area contributed by atoms with E-state index in [4.69, 9.17) is 4.74 Å². The second kappa shape index (κ2) is 8.20. The molecule has 2 saturated heterocycles. The van der Waals surface area contributed by atoms with Crippen molar-refractivity contribution in [2.24, 2.45) is 5.92 Å². The van der Waals surface area contributed by atoms with Crippen LogP contribution in [-0.4, -0.2) is 47.8 Å². The van der Waals surface area contributed by atoms with Crippen LogP contribution in [0.1, 0.15) is 50.7 Å². The predicted octanol–water partition coefficient (Wildman–Crippen LogP) is 1.57. The Morgan fingerprint density at radius 2 is 1.88 bits per heavy atom. The molecular formula is C24H23N3O5. The van der Waals surface area contributed by atoms with Crippen LogP contribution in [0.2, 0.25) is 0 Å². The van der Waals surface area contributed by atoms with Crippen molar-refractivity contribution in [3.05, 3.63) is 70.8 Å². The molecule has 4 amide bonds. The maximum absolute atomic E-state index is 13.1. The number of hydrogen-bond acceptors (Lipinski definition) is 5. The predicted molar refractivity (Wildman–Crippen MR) is 113 cm³/mol. The number of imide groups is 1. The Morgan fingerprint density at radius 1 is 1.09 bits per heavy atom. The zero-order chi connectivity index (χ0) is 22.2. The van der Waals surface area contributed by atoms with E-state index in [1.807, 2.05) is 30.3 Å². The lowest BCUT2D eigenvalue weighted by atomic mass is 9.91. The quantitative estimate of drug-likeness (QED) is 0.697. The number of fused-ring (bicyclic) bond motifs is 1. The lowest BCUT2D eigenvalue weighted by molar-refractivity contribution is -0.136. The third-order valence-corrected chi connectivity index (χ3v) is 6.37. The molecular weight excluding hydrogens is 410 g/mol. The molecule has 8 nitrogen and oxygen atoms in total. The largest absolute Gasteiger partial charge is 0.381 e. The Morgan fingerprint density at radius 3 is 2.56 bits per heavy atom. The number of carbonyl (C=O) groups excluding carboxylic acids is 4. The Bertz CT molecular complexity index is 1100. The van der Waals surface area contributed by atoms with Crippen molar-refractivity contribution in [1.82, 2.24) is 15.5 Å². The molecule has 0 saturated carbocycles. The van der Waals surface area contributed by atoms with Crippen LogP contribution in [0, 0.1) is 5.92 Å². The maximum atomic E-state index is 13.1. The summed E-state index contributed by atoms with van der Waals surface area (Å²) in [6.07, 6.45) is 0.510. The van der Waals surface area contributed by atoms with E-state index in [1.165, 1.54) is 4.90 Å². The van der Waals surface area contributed by atoms with Gasteiger partial charge >= 0.3 is 0 Å². The van der Waals surface area contributed by atoms with Gasteiger partial charge in [-0.15, -0.1) is 0 Å². The minimum absolute atomic E-state index is 0.160. The molecule has 8 heteroatoms. The molecule has 2 fully saturated rings. The van der Waals surface area contributed by atoms with Gasteiger partial charge in [-0.3, -0.25) is 24.5 Å². The first-order valence-corrected chi connectivity index (χ1v) is 10.7. The highest BCUT2D eigenvalue weighted by Gasteiger charge is 2.39. The number of amides is 4. The zero-order valence-electron chi connectivity index (χ0n) is 17.4. The van der Waals surface area contributed by atoms with Crippen LogP contribution in [0.25, 0.3) is 0 Å². The average Bonchev–Trinajstić information content (AvgIpc) is 3.08. The Kier molecular flexibility index (Phi) is 5.22. The molecule has 3 heterocycles. The Labute approximate surface area is 184 Å². The first-order valence-electron chi connectivity index (χ1n) is 10.7. The van der Waals surface area contributed by atoms with Crippen LogP contribution < -0.4 is 10.6 Å². The fraction of sp³-hybridized carbons (Fsp3) is 0.333. The van der Waals surface area contributed by atoms with Crippen molar-refractivity contribution in [3.63, 3.8) is 0 Å². The van der Waals surface area contributed by atoms with Gasteiger partial charge in [-0.1, -0.05) is 30.3 Å². The van der Waals surface area contributed by atoms with Gasteiger partial charge in [0.25, 0.3) is 11.8 Å². The highest BCUT2D eigenvalue weighted by atomic mass is 16.5. The SMILES string of the molecule is O=C1CCC(N2Cc3cc(C(=O)N[C@@H](c4ccccc4)C4COC4)ccc3C2=O)C(=O)N1. The van der Waals surface area contributed by atoms with Gasteiger partial charge in [-0.2, -0.15) is 0 Å². The van der Waals surface area contributed by atoms with Crippen molar-refractivity contribution in [3.8, 4) is 0 Å². The molecule has 2 aromatic rings. The van der Waals surface area contributed by atoms with Crippen molar-refractivity contribution >= 4 is 23.6 Å². The van der Waals surface area contributed by atoms with Gasteiger partial charge in [0.2, 0.25) is 11.8 Å². The molecule has 2 N–H and O–H groups in total. The molecule has 5 rings (SSSR count). The van der Waals surface area contributed by atoms with Crippen LogP contribution in [0.4, 0.5) is 0 Å². The number of nitrogens with zero attached hydrogens (tertiary/aromatic N) is 1. The van der Waals surface area contributed by atoms with Gasteiger partial charge < -0.3 is 15.0 Å². The van der Waals surface area contributed by atoms with Crippen LogP contribution >= 0.6 is 0 Å². The number of hydrogen-bond donors (Lipinski definition) is 2. The Hall–Kier alpha value is -3.52. The van der Waals surface area contributed by atoms with E-state index < -0.39 is 11.9 Å². The number of benzene rings is 2. The van der Waals surface area contributed by atoms with E-state index in [2.05, 4.69) is 10.6 Å². The van der Waals surface area contributed by atoms with Gasteiger partial charge in [0.15, 0.2) is 0 Å². The number of carbonyl (C=O) groups is 4. The first-order chi connectivity index (χ1) is 15.5. The zero-order valence-corrected chi connectivity index (χ0v) is 17.4. The number of piperidine rings is 1. The lowest BCUT2D eigenvalue weighted by Crippen LogP contribution is -2.52. The standard InChI is InChI=1S/C24H23N3O5/c28-20-9-8-19(23(30)25-20)27-11-16-10-15(6-7-18(16)24(27)31)22(29)26-21(17-12-32-13-17)14-4-2-1-3-5-14/h1-7,10,17,19,21H,8-9,11-13H2,(H,26,29)(H,25,28,30)/t19?,21-/m0/s1. The first kappa shape index (κ1) is 20.4. The van der Waals surface area contributed by atoms with Gasteiger partial charge in [-0.25, -0.2) is 0 Å². The fourth-order valence-electron chi connectivity index (χ4n) is 4.52. The third-order valence-electron chi connectivity index (χ3n) is 6.37. The molecule has 3 aliphatic rings. The summed E-state index contributed by atoms with van der Waals surface area (Å²) in [5.74, 6) is -1.04. The fourth-order valence-corrected chi connectivity index (χ4v) is 4.52. The van der Waals surface area contributed by atoms with Crippen molar-refractivity contribution in [2.45, 2.75) is 31.5 Å². The van der Waals surface area contributed by atoms with Gasteiger partial charge in [0.1, 0.15) is 6.04 Å². The van der Waals surface area contributed by atoms with Crippen molar-refractivity contribution < 1.29 is 23.9 Å². The Balaban J connectivity index is 1.34. The molecule has 0 spiro atoms. The summed E-state index contributed by atoms with van der Waals surface area (Å²) >= 11 is 0. The van der Waals surface area contributed by atoms with Crippen molar-refractivity contribution in [2.75, 3.05) is 13.2 Å². The molecule has 3 aliphatic heterocycles. The molecule has 2 atom stereocenters. The summed E-state index contributed by atoms with van der Waals surface area (Å²) in [6.45, 7) is 1.43. The topological polar surface area (TPSA) is 105 Å². The van der Waals surface area contributed by atoms with E-state index in [-0.39, 0.29) is 42.6 Å². The molecule has 0 radical (unpaired) electrons. The smallest absolute Gasteiger partial charge is 0.255 e. The van der Waals surface area contributed by atoms with Gasteiger partial charge in [0, 0.05) is 30.0 Å². The summed E-state index contributed by atoms with van der Waals surface area (Å²) in [7, 11) is 0. The number of ether oxygens (including phenoxy) is 1. The molecule has 164 valence electrons. The molecule has 1 unspecified atom stereocenters. The van der Waals surface area contributed by atoms with E-state index in [0.717, 1.165) is 5.56 Å². The monoisotopic (exact) mass is 433 g/mol. The summed E-state index contributed by atoms with van der Waals surface area (Å²) in [4.78, 5) is 51.0. The summed E-state index contributed by atoms with van der Waals surface area (Å²) < 4.78 is 5.33. The maximum Gasteiger partial charge on any atom is 0.255 e. The van der Waals surface area contributed by atoms with E-state index in [9.17, 15) is 19.2 Å². The minimum Gasteiger partial charge on any atom is -0.381 e. The van der Waals surface area contributed by atoms with Crippen molar-refractivity contribution in [1.29, 1.82) is 0 Å². The molecule has 0 aromatic heterocycles. The molecule has 0 aliphatic carbocycles. The molecule has 2 aromatic carbocycles. The van der Waals surface area contributed by atoms with Crippen LogP contribution in [-0.2, 0) is 20.9 Å². The second-order valence-corrected chi connectivity index (χ2v) is 8.43. The lowest BCUT2D eigenvalue weighted by Gasteiger charge is -2.34. The van der Waals surface area contributed by atoms with Gasteiger partial charge in [0.05, 0.1) is 19.3 Å². The van der Waals surface area contributed by atoms with Crippen LogP contribution in [0.3, 0.4) is 0 Å². The summed E-state index contributed by atoms with van der Waals surface area (Å²) in [5, 5.41) is 5.42. The second-order valence-electron chi connectivity index (χ2n) is 8.43. The highest BCUT2D eigenvalue weighted by Crippen LogP contribution is 2.30. The van der Waals surface area contributed by atoms with E-state index in [0.29, 0.717) is 36.3 Å². The summed E-state index contributed by atoms with van der Waals surface area (Å²) in [6, 6.07) is 14.0. The van der Waals surface area contributed by atoms with E-state index >= 15 is 0 Å². The van der Waals surface area contributed by atoms with E-state index in [1.54, 1.807) is 18.2 Å². The van der Waals surface area contributed by atoms with Crippen LogP contribution in [0.15, 0.2) is 48.5 Å². The van der Waals surface area contributed by atoms with Crippen LogP contribution in [0.5, 0.6) is 0 Å². The summed E-state index contributed by atoms with van der Waals surface area (Å²) in [5.41, 5.74) is 2.67. The molecule has 32 heavy (non-hydrogen) atoms. The minimum atomic E-state index is -0.675. The number of nitrogens with one attached hydrogen (secondary N) is 2. The number of rotatable bonds is 5.